The first-order chi connectivity index (χ1) is 10.1. The predicted octanol–water partition coefficient (Wildman–Crippen LogP) is 2.72. The summed E-state index contributed by atoms with van der Waals surface area (Å²) < 4.78 is 0. The molecule has 1 heterocycles. The van der Waals surface area contributed by atoms with Crippen molar-refractivity contribution in [2.24, 2.45) is 5.41 Å². The summed E-state index contributed by atoms with van der Waals surface area (Å²) >= 11 is 0. The molecule has 21 heavy (non-hydrogen) atoms. The lowest BCUT2D eigenvalue weighted by atomic mass is 9.84. The Labute approximate surface area is 125 Å². The van der Waals surface area contributed by atoms with E-state index >= 15 is 0 Å². The summed E-state index contributed by atoms with van der Waals surface area (Å²) in [5.74, 6) is -0.0429. The van der Waals surface area contributed by atoms with Crippen LogP contribution in [-0.4, -0.2) is 28.9 Å². The number of nitrogens with one attached hydrogen (secondary N) is 1. The highest BCUT2D eigenvalue weighted by Crippen LogP contribution is 2.50. The largest absolute Gasteiger partial charge is 0.325 e. The van der Waals surface area contributed by atoms with Gasteiger partial charge in [-0.15, -0.1) is 0 Å². The standard InChI is InChI=1S/C16H23N3O2/c17-11-10-15(8-9-15)12-19-13(20)16(18-14(19)21)6-4-2-1-3-5-7-16/h1-10,12H2,(H,18,21). The number of nitrogens with zero attached hydrogens (tertiary/aromatic N) is 2. The van der Waals surface area contributed by atoms with Crippen LogP contribution in [0.5, 0.6) is 0 Å². The van der Waals surface area contributed by atoms with Crippen molar-refractivity contribution in [3.05, 3.63) is 0 Å². The van der Waals surface area contributed by atoms with Crippen LogP contribution in [0, 0.1) is 16.7 Å². The Morgan fingerprint density at radius 1 is 1.05 bits per heavy atom. The van der Waals surface area contributed by atoms with Gasteiger partial charge in [-0.2, -0.15) is 5.26 Å². The SMILES string of the molecule is N#CCC1(CN2C(=O)NC3(CCCCCCC3)C2=O)CC1. The summed E-state index contributed by atoms with van der Waals surface area (Å²) in [7, 11) is 0. The molecule has 114 valence electrons. The average Bonchev–Trinajstić information content (AvgIpc) is 3.14. The molecular formula is C16H23N3O2. The number of hydrogen-bond acceptors (Lipinski definition) is 3. The minimum absolute atomic E-state index is 0.0429. The van der Waals surface area contributed by atoms with Crippen molar-refractivity contribution in [2.45, 2.75) is 69.7 Å². The van der Waals surface area contributed by atoms with Crippen LogP contribution < -0.4 is 5.32 Å². The third kappa shape index (κ3) is 2.64. The highest BCUT2D eigenvalue weighted by molar-refractivity contribution is 6.07. The van der Waals surface area contributed by atoms with Crippen molar-refractivity contribution in [1.29, 1.82) is 5.26 Å². The van der Waals surface area contributed by atoms with Gasteiger partial charge in [-0.05, 0) is 25.7 Å². The Balaban J connectivity index is 1.73. The zero-order valence-corrected chi connectivity index (χ0v) is 12.5. The van der Waals surface area contributed by atoms with Crippen molar-refractivity contribution >= 4 is 11.9 Å². The number of hydrogen-bond donors (Lipinski definition) is 1. The molecule has 1 spiro atoms. The molecule has 0 bridgehead atoms. The molecule has 3 rings (SSSR count). The summed E-state index contributed by atoms with van der Waals surface area (Å²) in [6.45, 7) is 0.424. The van der Waals surface area contributed by atoms with Gasteiger partial charge in [-0.3, -0.25) is 9.69 Å². The van der Waals surface area contributed by atoms with Crippen molar-refractivity contribution in [2.75, 3.05) is 6.54 Å². The monoisotopic (exact) mass is 289 g/mol. The maximum atomic E-state index is 12.8. The highest BCUT2D eigenvalue weighted by Gasteiger charge is 2.54. The van der Waals surface area contributed by atoms with E-state index in [0.717, 1.165) is 51.4 Å². The molecule has 1 saturated heterocycles. The maximum absolute atomic E-state index is 12.8. The molecule has 0 atom stereocenters. The first-order valence-electron chi connectivity index (χ1n) is 8.12. The molecule has 1 N–H and O–H groups in total. The summed E-state index contributed by atoms with van der Waals surface area (Å²) in [6.07, 6.45) is 9.39. The number of urea groups is 1. The van der Waals surface area contributed by atoms with E-state index in [0.29, 0.717) is 13.0 Å². The third-order valence-corrected chi connectivity index (χ3v) is 5.36. The topological polar surface area (TPSA) is 73.2 Å². The molecule has 0 aromatic heterocycles. The fourth-order valence-electron chi connectivity index (χ4n) is 3.74. The smallest absolute Gasteiger partial charge is 0.323 e. The summed E-state index contributed by atoms with van der Waals surface area (Å²) in [4.78, 5) is 26.5. The molecular weight excluding hydrogens is 266 g/mol. The Bertz CT molecular complexity index is 482. The van der Waals surface area contributed by atoms with Crippen molar-refractivity contribution in [3.63, 3.8) is 0 Å². The summed E-state index contributed by atoms with van der Waals surface area (Å²) in [5.41, 5.74) is -0.769. The first kappa shape index (κ1) is 14.4. The molecule has 3 aliphatic rings. The second-order valence-corrected chi connectivity index (χ2v) is 7.01. The minimum atomic E-state index is -0.653. The van der Waals surface area contributed by atoms with Gasteiger partial charge in [-0.25, -0.2) is 4.79 Å². The molecule has 5 nitrogen and oxygen atoms in total. The molecule has 2 aliphatic carbocycles. The van der Waals surface area contributed by atoms with Crippen molar-refractivity contribution in [3.8, 4) is 6.07 Å². The zero-order chi connectivity index (χ0) is 14.9. The van der Waals surface area contributed by atoms with Crippen LogP contribution in [0.4, 0.5) is 4.79 Å². The summed E-state index contributed by atoms with van der Waals surface area (Å²) in [5, 5.41) is 11.9. The van der Waals surface area contributed by atoms with Crippen LogP contribution >= 0.6 is 0 Å². The van der Waals surface area contributed by atoms with Crippen LogP contribution in [0.3, 0.4) is 0 Å². The second kappa shape index (κ2) is 5.32. The Hall–Kier alpha value is -1.57. The number of carbonyl (C=O) groups excluding carboxylic acids is 2. The zero-order valence-electron chi connectivity index (χ0n) is 12.5. The van der Waals surface area contributed by atoms with Gasteiger partial charge in [0.1, 0.15) is 5.54 Å². The molecule has 0 aromatic rings. The van der Waals surface area contributed by atoms with E-state index in [9.17, 15) is 9.59 Å². The van der Waals surface area contributed by atoms with E-state index in [2.05, 4.69) is 11.4 Å². The quantitative estimate of drug-likeness (QED) is 0.812. The Kier molecular flexibility index (Phi) is 3.64. The fourth-order valence-corrected chi connectivity index (χ4v) is 3.74. The first-order valence-corrected chi connectivity index (χ1v) is 8.12. The van der Waals surface area contributed by atoms with Gasteiger partial charge < -0.3 is 5.32 Å². The van der Waals surface area contributed by atoms with Crippen LogP contribution in [0.25, 0.3) is 0 Å². The van der Waals surface area contributed by atoms with E-state index in [-0.39, 0.29) is 17.4 Å². The number of rotatable bonds is 3. The second-order valence-electron chi connectivity index (χ2n) is 7.01. The minimum Gasteiger partial charge on any atom is -0.323 e. The predicted molar refractivity (Wildman–Crippen MR) is 77.2 cm³/mol. The van der Waals surface area contributed by atoms with Gasteiger partial charge in [0.15, 0.2) is 0 Å². The third-order valence-electron chi connectivity index (χ3n) is 5.36. The molecule has 0 unspecified atom stereocenters. The van der Waals surface area contributed by atoms with E-state index in [1.165, 1.54) is 11.3 Å². The van der Waals surface area contributed by atoms with Gasteiger partial charge >= 0.3 is 6.03 Å². The van der Waals surface area contributed by atoms with Crippen molar-refractivity contribution in [1.82, 2.24) is 10.2 Å². The average molecular weight is 289 g/mol. The van der Waals surface area contributed by atoms with E-state index < -0.39 is 5.54 Å². The van der Waals surface area contributed by atoms with Gasteiger partial charge in [0.05, 0.1) is 6.07 Å². The van der Waals surface area contributed by atoms with E-state index in [1.807, 2.05) is 0 Å². The molecule has 3 amide bonds. The van der Waals surface area contributed by atoms with E-state index in [1.54, 1.807) is 0 Å². The molecule has 0 radical (unpaired) electrons. The van der Waals surface area contributed by atoms with Crippen molar-refractivity contribution < 1.29 is 9.59 Å². The number of amides is 3. The lowest BCUT2D eigenvalue weighted by Gasteiger charge is -2.29. The lowest BCUT2D eigenvalue weighted by molar-refractivity contribution is -0.132. The maximum Gasteiger partial charge on any atom is 0.325 e. The number of imide groups is 1. The molecule has 2 saturated carbocycles. The van der Waals surface area contributed by atoms with Gasteiger partial charge in [0.25, 0.3) is 5.91 Å². The molecule has 0 aromatic carbocycles. The molecule has 1 aliphatic heterocycles. The lowest BCUT2D eigenvalue weighted by Crippen LogP contribution is -2.47. The Morgan fingerprint density at radius 2 is 1.67 bits per heavy atom. The van der Waals surface area contributed by atoms with Gasteiger partial charge in [0, 0.05) is 18.4 Å². The number of nitriles is 1. The summed E-state index contributed by atoms with van der Waals surface area (Å²) in [6, 6.07) is 1.95. The van der Waals surface area contributed by atoms with Gasteiger partial charge in [0.2, 0.25) is 0 Å². The van der Waals surface area contributed by atoms with Crippen LogP contribution in [0.1, 0.15) is 64.2 Å². The van der Waals surface area contributed by atoms with Crippen LogP contribution in [0.2, 0.25) is 0 Å². The van der Waals surface area contributed by atoms with Crippen LogP contribution in [0.15, 0.2) is 0 Å². The highest BCUT2D eigenvalue weighted by atomic mass is 16.2. The number of carbonyl (C=O) groups is 2. The normalized spacial score (nSPS) is 26.9. The molecule has 5 heteroatoms. The van der Waals surface area contributed by atoms with E-state index in [4.69, 9.17) is 5.26 Å². The Morgan fingerprint density at radius 3 is 2.24 bits per heavy atom. The van der Waals surface area contributed by atoms with Crippen LogP contribution in [-0.2, 0) is 4.79 Å². The molecule has 3 fully saturated rings. The van der Waals surface area contributed by atoms with Gasteiger partial charge in [-0.1, -0.05) is 32.1 Å². The fraction of sp³-hybridized carbons (Fsp3) is 0.812.